The number of rotatable bonds is 3. The molecule has 0 aliphatic carbocycles. The van der Waals surface area contributed by atoms with Gasteiger partial charge >= 0.3 is 0 Å². The van der Waals surface area contributed by atoms with Gasteiger partial charge in [0.1, 0.15) is 5.75 Å². The molecule has 0 radical (unpaired) electrons. The first-order valence-electron chi connectivity index (χ1n) is 6.12. The number of ether oxygens (including phenoxy) is 1. The SMILES string of the molecule is O=C(COc1cccc(Cl)c1)N1CCCNCC1. The Morgan fingerprint density at radius 3 is 3.11 bits per heavy atom. The van der Waals surface area contributed by atoms with Crippen LogP contribution in [0.25, 0.3) is 0 Å². The summed E-state index contributed by atoms with van der Waals surface area (Å²) < 4.78 is 5.45. The first-order valence-corrected chi connectivity index (χ1v) is 6.50. The summed E-state index contributed by atoms with van der Waals surface area (Å²) in [5, 5.41) is 3.87. The molecule has 1 fully saturated rings. The number of carbonyl (C=O) groups excluding carboxylic acids is 1. The molecule has 98 valence electrons. The summed E-state index contributed by atoms with van der Waals surface area (Å²) in [4.78, 5) is 13.8. The van der Waals surface area contributed by atoms with Gasteiger partial charge in [0.25, 0.3) is 5.91 Å². The van der Waals surface area contributed by atoms with Gasteiger partial charge in [0.2, 0.25) is 0 Å². The maximum Gasteiger partial charge on any atom is 0.260 e. The molecular formula is C13H17ClN2O2. The Morgan fingerprint density at radius 2 is 2.28 bits per heavy atom. The van der Waals surface area contributed by atoms with Gasteiger partial charge in [-0.2, -0.15) is 0 Å². The van der Waals surface area contributed by atoms with Crippen molar-refractivity contribution in [3.8, 4) is 5.75 Å². The van der Waals surface area contributed by atoms with Crippen LogP contribution in [0.3, 0.4) is 0 Å². The van der Waals surface area contributed by atoms with E-state index in [2.05, 4.69) is 5.32 Å². The van der Waals surface area contributed by atoms with E-state index in [4.69, 9.17) is 16.3 Å². The van der Waals surface area contributed by atoms with E-state index in [1.807, 2.05) is 4.90 Å². The summed E-state index contributed by atoms with van der Waals surface area (Å²) in [6.45, 7) is 3.44. The zero-order chi connectivity index (χ0) is 12.8. The molecule has 0 spiro atoms. The summed E-state index contributed by atoms with van der Waals surface area (Å²) in [5.74, 6) is 0.655. The monoisotopic (exact) mass is 268 g/mol. The smallest absolute Gasteiger partial charge is 0.260 e. The molecule has 0 aromatic heterocycles. The van der Waals surface area contributed by atoms with Crippen LogP contribution < -0.4 is 10.1 Å². The Hall–Kier alpha value is -1.26. The number of hydrogen-bond donors (Lipinski definition) is 1. The second-order valence-corrected chi connectivity index (χ2v) is 4.67. The lowest BCUT2D eigenvalue weighted by molar-refractivity contribution is -0.133. The van der Waals surface area contributed by atoms with Crippen molar-refractivity contribution >= 4 is 17.5 Å². The molecule has 2 rings (SSSR count). The van der Waals surface area contributed by atoms with Gasteiger partial charge in [-0.25, -0.2) is 0 Å². The maximum atomic E-state index is 11.9. The minimum Gasteiger partial charge on any atom is -0.484 e. The van der Waals surface area contributed by atoms with Crippen molar-refractivity contribution in [3.63, 3.8) is 0 Å². The van der Waals surface area contributed by atoms with Crippen LogP contribution in [0.5, 0.6) is 5.75 Å². The fraction of sp³-hybridized carbons (Fsp3) is 0.462. The van der Waals surface area contributed by atoms with Crippen molar-refractivity contribution in [2.45, 2.75) is 6.42 Å². The molecule has 1 aromatic carbocycles. The summed E-state index contributed by atoms with van der Waals surface area (Å²) in [6.07, 6.45) is 0.989. The Labute approximate surface area is 112 Å². The Kier molecular flexibility index (Phi) is 4.84. The molecule has 18 heavy (non-hydrogen) atoms. The van der Waals surface area contributed by atoms with E-state index in [0.717, 1.165) is 32.6 Å². The summed E-state index contributed by atoms with van der Waals surface area (Å²) in [7, 11) is 0. The van der Waals surface area contributed by atoms with E-state index in [0.29, 0.717) is 10.8 Å². The number of amides is 1. The van der Waals surface area contributed by atoms with Crippen molar-refractivity contribution in [2.75, 3.05) is 32.8 Å². The van der Waals surface area contributed by atoms with Crippen LogP contribution in [0.4, 0.5) is 0 Å². The lowest BCUT2D eigenvalue weighted by Crippen LogP contribution is -2.37. The molecule has 1 aliphatic heterocycles. The predicted molar refractivity (Wildman–Crippen MR) is 71.0 cm³/mol. The van der Waals surface area contributed by atoms with Crippen LogP contribution in [0.15, 0.2) is 24.3 Å². The highest BCUT2D eigenvalue weighted by atomic mass is 35.5. The quantitative estimate of drug-likeness (QED) is 0.904. The van der Waals surface area contributed by atoms with Gasteiger partial charge in [-0.1, -0.05) is 17.7 Å². The zero-order valence-electron chi connectivity index (χ0n) is 10.2. The topological polar surface area (TPSA) is 41.6 Å². The maximum absolute atomic E-state index is 11.9. The molecule has 4 nitrogen and oxygen atoms in total. The Morgan fingerprint density at radius 1 is 1.39 bits per heavy atom. The third-order valence-corrected chi connectivity index (χ3v) is 3.09. The highest BCUT2D eigenvalue weighted by Crippen LogP contribution is 2.17. The average molecular weight is 269 g/mol. The molecule has 0 unspecified atom stereocenters. The molecule has 1 N–H and O–H groups in total. The number of nitrogens with zero attached hydrogens (tertiary/aromatic N) is 1. The van der Waals surface area contributed by atoms with Crippen LogP contribution in [0, 0.1) is 0 Å². The van der Waals surface area contributed by atoms with Crippen molar-refractivity contribution in [2.24, 2.45) is 0 Å². The largest absolute Gasteiger partial charge is 0.484 e. The predicted octanol–water partition coefficient (Wildman–Crippen LogP) is 1.54. The van der Waals surface area contributed by atoms with Gasteiger partial charge in [0, 0.05) is 24.7 Å². The van der Waals surface area contributed by atoms with Gasteiger partial charge < -0.3 is 15.0 Å². The van der Waals surface area contributed by atoms with Crippen molar-refractivity contribution < 1.29 is 9.53 Å². The number of carbonyl (C=O) groups is 1. The van der Waals surface area contributed by atoms with Crippen LogP contribution in [-0.4, -0.2) is 43.6 Å². The summed E-state index contributed by atoms with van der Waals surface area (Å²) in [6, 6.07) is 7.08. The van der Waals surface area contributed by atoms with Crippen molar-refractivity contribution in [1.29, 1.82) is 0 Å². The third kappa shape index (κ3) is 3.89. The molecule has 1 aliphatic rings. The summed E-state index contributed by atoms with van der Waals surface area (Å²) >= 11 is 5.85. The van der Waals surface area contributed by atoms with Crippen LogP contribution >= 0.6 is 11.6 Å². The molecule has 0 bridgehead atoms. The number of nitrogens with one attached hydrogen (secondary N) is 1. The van der Waals surface area contributed by atoms with Crippen LogP contribution in [0.2, 0.25) is 5.02 Å². The van der Waals surface area contributed by atoms with Gasteiger partial charge in [0.05, 0.1) is 0 Å². The first kappa shape index (κ1) is 13.2. The van der Waals surface area contributed by atoms with Gasteiger partial charge in [-0.15, -0.1) is 0 Å². The lowest BCUT2D eigenvalue weighted by Gasteiger charge is -2.19. The molecule has 0 saturated carbocycles. The van der Waals surface area contributed by atoms with Gasteiger partial charge in [-0.05, 0) is 31.2 Å². The minimum atomic E-state index is 0.0266. The van der Waals surface area contributed by atoms with E-state index in [1.165, 1.54) is 0 Å². The van der Waals surface area contributed by atoms with E-state index >= 15 is 0 Å². The molecule has 1 amide bonds. The second kappa shape index (κ2) is 6.61. The number of hydrogen-bond acceptors (Lipinski definition) is 3. The van der Waals surface area contributed by atoms with Crippen LogP contribution in [0.1, 0.15) is 6.42 Å². The highest BCUT2D eigenvalue weighted by Gasteiger charge is 2.15. The van der Waals surface area contributed by atoms with E-state index in [-0.39, 0.29) is 12.5 Å². The second-order valence-electron chi connectivity index (χ2n) is 4.23. The van der Waals surface area contributed by atoms with Crippen molar-refractivity contribution in [3.05, 3.63) is 29.3 Å². The van der Waals surface area contributed by atoms with Crippen LogP contribution in [-0.2, 0) is 4.79 Å². The molecule has 1 saturated heterocycles. The Balaban J connectivity index is 1.83. The molecule has 1 heterocycles. The lowest BCUT2D eigenvalue weighted by atomic mass is 10.3. The number of halogens is 1. The van der Waals surface area contributed by atoms with Crippen molar-refractivity contribution in [1.82, 2.24) is 10.2 Å². The fourth-order valence-corrected chi connectivity index (χ4v) is 2.07. The van der Waals surface area contributed by atoms with E-state index < -0.39 is 0 Å². The molecule has 1 aromatic rings. The molecular weight excluding hydrogens is 252 g/mol. The number of benzene rings is 1. The zero-order valence-corrected chi connectivity index (χ0v) is 10.9. The summed E-state index contributed by atoms with van der Waals surface area (Å²) in [5.41, 5.74) is 0. The van der Waals surface area contributed by atoms with E-state index in [9.17, 15) is 4.79 Å². The average Bonchev–Trinajstić information content (AvgIpc) is 2.65. The fourth-order valence-electron chi connectivity index (χ4n) is 1.89. The minimum absolute atomic E-state index is 0.0266. The normalized spacial score (nSPS) is 16.2. The highest BCUT2D eigenvalue weighted by molar-refractivity contribution is 6.30. The van der Waals surface area contributed by atoms with Gasteiger partial charge in [-0.3, -0.25) is 4.79 Å². The van der Waals surface area contributed by atoms with E-state index in [1.54, 1.807) is 24.3 Å². The first-order chi connectivity index (χ1) is 8.75. The molecule has 0 atom stereocenters. The third-order valence-electron chi connectivity index (χ3n) is 2.85. The standard InChI is InChI=1S/C13H17ClN2O2/c14-11-3-1-4-12(9-11)18-10-13(17)16-7-2-5-15-6-8-16/h1,3-4,9,15H,2,5-8,10H2. The molecule has 5 heteroatoms. The Bertz CT molecular complexity index is 404. The van der Waals surface area contributed by atoms with Gasteiger partial charge in [0.15, 0.2) is 6.61 Å².